The Hall–Kier alpha value is -3.33. The van der Waals surface area contributed by atoms with Crippen molar-refractivity contribution in [3.8, 4) is 0 Å². The van der Waals surface area contributed by atoms with Gasteiger partial charge in [0.15, 0.2) is 0 Å². The maximum atomic E-state index is 12.7. The maximum absolute atomic E-state index is 12.7. The highest BCUT2D eigenvalue weighted by atomic mass is 35.5. The minimum atomic E-state index is -0.551. The predicted octanol–water partition coefficient (Wildman–Crippen LogP) is 3.74. The summed E-state index contributed by atoms with van der Waals surface area (Å²) < 4.78 is 7.42. The molecule has 0 radical (unpaired) electrons. The standard InChI is InChI=1S/C30H35ClN6O3/c1-27(2,3)40-26(39)36-8-7-28(16-36)13-29(14-28)24-21-22(32)20(25(33)38)23(34-15-30(21,24)29)18-10-35-37(12-18)11-17-5-4-6-19(31)9-17/h4-6,9-10,12,21,24H,7-8,11,13-16,32H2,1-3H3,(H2,33,38). The van der Waals surface area contributed by atoms with Gasteiger partial charge in [-0.1, -0.05) is 23.7 Å². The molecular weight excluding hydrogens is 528 g/mol. The number of rotatable bonds is 4. The lowest BCUT2D eigenvalue weighted by molar-refractivity contribution is -0.114. The number of nitrogens with zero attached hydrogens (tertiary/aromatic N) is 4. The molecule has 210 valence electrons. The normalized spacial score (nSPS) is 33.7. The van der Waals surface area contributed by atoms with Crippen molar-refractivity contribution in [1.82, 2.24) is 14.7 Å². The van der Waals surface area contributed by atoms with Crippen molar-refractivity contribution in [2.45, 2.75) is 52.2 Å². The zero-order valence-corrected chi connectivity index (χ0v) is 23.9. The fourth-order valence-corrected chi connectivity index (χ4v) is 8.74. The number of primary amides is 1. The van der Waals surface area contributed by atoms with Crippen LogP contribution in [0.25, 0.3) is 0 Å². The van der Waals surface area contributed by atoms with E-state index in [1.807, 2.05) is 56.1 Å². The molecule has 2 amide bonds. The number of aromatic nitrogens is 2. The second kappa shape index (κ2) is 8.12. The van der Waals surface area contributed by atoms with Crippen LogP contribution in [0.5, 0.6) is 0 Å². The summed E-state index contributed by atoms with van der Waals surface area (Å²) in [5.74, 6) is 0.0231. The SMILES string of the molecule is CC(C)(C)OC(=O)N1CCC2(C1)CC1(C2)C2C3C(N)=C(C(N)=O)C(c4cnn(Cc5cccc(Cl)c5)c4)=NCC321. The Kier molecular flexibility index (Phi) is 5.20. The number of amides is 2. The summed E-state index contributed by atoms with van der Waals surface area (Å²) in [5, 5.41) is 5.18. The molecule has 9 nitrogen and oxygen atoms in total. The number of likely N-dealkylation sites (tertiary alicyclic amines) is 1. The van der Waals surface area contributed by atoms with Gasteiger partial charge >= 0.3 is 6.09 Å². The number of aliphatic imine (C=N–C) groups is 1. The molecule has 2 aromatic rings. The summed E-state index contributed by atoms with van der Waals surface area (Å²) in [6, 6.07) is 7.64. The fraction of sp³-hybridized carbons (Fsp3) is 0.533. The van der Waals surface area contributed by atoms with E-state index < -0.39 is 11.5 Å². The molecule has 7 rings (SSSR count). The molecule has 4 fully saturated rings. The Morgan fingerprint density at radius 3 is 2.73 bits per heavy atom. The van der Waals surface area contributed by atoms with E-state index in [9.17, 15) is 9.59 Å². The van der Waals surface area contributed by atoms with Crippen molar-refractivity contribution in [2.24, 2.45) is 44.5 Å². The first-order chi connectivity index (χ1) is 18.9. The first-order valence-corrected chi connectivity index (χ1v) is 14.4. The molecule has 1 aromatic carbocycles. The Morgan fingerprint density at radius 2 is 2.02 bits per heavy atom. The number of carbonyl (C=O) groups excluding carboxylic acids is 2. The third-order valence-corrected chi connectivity index (χ3v) is 10.2. The van der Waals surface area contributed by atoms with E-state index in [0.29, 0.717) is 41.0 Å². The van der Waals surface area contributed by atoms with Crippen LogP contribution in [0.3, 0.4) is 0 Å². The minimum Gasteiger partial charge on any atom is -0.444 e. The van der Waals surface area contributed by atoms with E-state index in [4.69, 9.17) is 32.8 Å². The molecular formula is C30H35ClN6O3. The highest BCUT2D eigenvalue weighted by Crippen LogP contribution is 3.00. The van der Waals surface area contributed by atoms with Crippen LogP contribution < -0.4 is 11.5 Å². The number of ether oxygens (including phenoxy) is 1. The van der Waals surface area contributed by atoms with Crippen LogP contribution in [0, 0.1) is 28.1 Å². The van der Waals surface area contributed by atoms with Crippen LogP contribution in [0.4, 0.5) is 4.79 Å². The lowest BCUT2D eigenvalue weighted by Gasteiger charge is -2.52. The Morgan fingerprint density at radius 1 is 1.25 bits per heavy atom. The molecule has 5 aliphatic rings. The Labute approximate surface area is 238 Å². The molecule has 0 bridgehead atoms. The van der Waals surface area contributed by atoms with Crippen molar-refractivity contribution >= 4 is 29.3 Å². The molecule has 3 unspecified atom stereocenters. The van der Waals surface area contributed by atoms with Crippen LogP contribution >= 0.6 is 11.6 Å². The van der Waals surface area contributed by atoms with Gasteiger partial charge < -0.3 is 21.1 Å². The van der Waals surface area contributed by atoms with Gasteiger partial charge in [-0.05, 0) is 74.5 Å². The van der Waals surface area contributed by atoms with Gasteiger partial charge in [-0.3, -0.25) is 14.5 Å². The van der Waals surface area contributed by atoms with Crippen molar-refractivity contribution in [2.75, 3.05) is 19.6 Å². The second-order valence-electron chi connectivity index (χ2n) is 13.6. The molecule has 2 aliphatic heterocycles. The molecule has 3 atom stereocenters. The predicted molar refractivity (Wildman–Crippen MR) is 151 cm³/mol. The molecule has 40 heavy (non-hydrogen) atoms. The van der Waals surface area contributed by atoms with E-state index in [0.717, 1.165) is 43.5 Å². The van der Waals surface area contributed by atoms with Crippen molar-refractivity contribution in [1.29, 1.82) is 0 Å². The number of nitrogens with two attached hydrogens (primary N) is 2. The Bertz CT molecular complexity index is 1510. The van der Waals surface area contributed by atoms with Crippen LogP contribution in [0.2, 0.25) is 5.02 Å². The van der Waals surface area contributed by atoms with Crippen LogP contribution in [-0.2, 0) is 16.1 Å². The molecule has 3 aliphatic carbocycles. The number of carbonyl (C=O) groups is 2. The van der Waals surface area contributed by atoms with Crippen LogP contribution in [-0.4, -0.2) is 57.6 Å². The lowest BCUT2D eigenvalue weighted by Crippen LogP contribution is -2.49. The minimum absolute atomic E-state index is 0.000897. The van der Waals surface area contributed by atoms with Gasteiger partial charge in [-0.2, -0.15) is 5.10 Å². The topological polar surface area (TPSA) is 129 Å². The van der Waals surface area contributed by atoms with Crippen molar-refractivity contribution < 1.29 is 14.3 Å². The second-order valence-corrected chi connectivity index (χ2v) is 14.0. The summed E-state index contributed by atoms with van der Waals surface area (Å²) in [6.45, 7) is 8.34. The van der Waals surface area contributed by atoms with Crippen LogP contribution in [0.1, 0.15) is 51.2 Å². The maximum Gasteiger partial charge on any atom is 0.410 e. The number of allylic oxidation sites excluding steroid dienone is 1. The molecule has 1 saturated heterocycles. The summed E-state index contributed by atoms with van der Waals surface area (Å²) >= 11 is 6.14. The molecule has 10 heteroatoms. The third-order valence-electron chi connectivity index (χ3n) is 9.99. The average molecular weight is 563 g/mol. The lowest BCUT2D eigenvalue weighted by atomic mass is 9.52. The molecule has 4 N–H and O–H groups in total. The quantitative estimate of drug-likeness (QED) is 0.586. The van der Waals surface area contributed by atoms with Gasteiger partial charge in [0.25, 0.3) is 5.91 Å². The van der Waals surface area contributed by atoms with Gasteiger partial charge in [-0.25, -0.2) is 4.79 Å². The summed E-state index contributed by atoms with van der Waals surface area (Å²) in [4.78, 5) is 32.2. The number of fused-ring (bicyclic) bond motifs is 2. The van der Waals surface area contributed by atoms with Crippen LogP contribution in [0.15, 0.2) is 52.9 Å². The number of halogens is 1. The van der Waals surface area contributed by atoms with Gasteiger partial charge in [0.2, 0.25) is 0 Å². The fourth-order valence-electron chi connectivity index (χ4n) is 8.53. The van der Waals surface area contributed by atoms with Gasteiger partial charge in [0.1, 0.15) is 5.60 Å². The zero-order valence-electron chi connectivity index (χ0n) is 23.1. The number of hydrogen-bond acceptors (Lipinski definition) is 6. The largest absolute Gasteiger partial charge is 0.444 e. The smallest absolute Gasteiger partial charge is 0.410 e. The summed E-state index contributed by atoms with van der Waals surface area (Å²) in [6.07, 6.45) is 6.52. The molecule has 3 saturated carbocycles. The highest BCUT2D eigenvalue weighted by Gasteiger charge is 2.98. The zero-order chi connectivity index (χ0) is 28.2. The monoisotopic (exact) mass is 562 g/mol. The van der Waals surface area contributed by atoms with Crippen molar-refractivity contribution in [3.05, 3.63) is 64.1 Å². The van der Waals surface area contributed by atoms with E-state index in [1.165, 1.54) is 0 Å². The number of benzene rings is 1. The van der Waals surface area contributed by atoms with Crippen molar-refractivity contribution in [3.63, 3.8) is 0 Å². The average Bonchev–Trinajstić information content (AvgIpc) is 3.44. The van der Waals surface area contributed by atoms with Gasteiger partial charge in [0.05, 0.1) is 24.0 Å². The molecule has 3 heterocycles. The first kappa shape index (κ1) is 25.6. The third kappa shape index (κ3) is 3.59. The summed E-state index contributed by atoms with van der Waals surface area (Å²) in [7, 11) is 0. The number of hydrogen-bond donors (Lipinski definition) is 2. The van der Waals surface area contributed by atoms with E-state index in [-0.39, 0.29) is 28.3 Å². The Balaban J connectivity index is 1.09. The van der Waals surface area contributed by atoms with Gasteiger partial charge in [-0.15, -0.1) is 0 Å². The molecule has 1 aromatic heterocycles. The van der Waals surface area contributed by atoms with Gasteiger partial charge in [0, 0.05) is 53.4 Å². The highest BCUT2D eigenvalue weighted by molar-refractivity contribution is 6.30. The first-order valence-electron chi connectivity index (χ1n) is 14.0. The summed E-state index contributed by atoms with van der Waals surface area (Å²) in [5.41, 5.74) is 15.6. The van der Waals surface area contributed by atoms with E-state index in [2.05, 4.69) is 5.10 Å². The van der Waals surface area contributed by atoms with E-state index >= 15 is 0 Å². The molecule has 3 spiro atoms. The van der Waals surface area contributed by atoms with E-state index in [1.54, 1.807) is 10.9 Å².